The molecule has 1 heterocycles. The van der Waals surface area contributed by atoms with E-state index in [2.05, 4.69) is 30.0 Å². The molecule has 2 nitrogen and oxygen atoms in total. The van der Waals surface area contributed by atoms with Crippen LogP contribution in [0.25, 0.3) is 0 Å². The molecule has 1 saturated carbocycles. The molecule has 1 N–H and O–H groups in total. The van der Waals surface area contributed by atoms with E-state index in [-0.39, 0.29) is 6.04 Å². The Morgan fingerprint density at radius 1 is 1.33 bits per heavy atom. The lowest BCUT2D eigenvalue weighted by Crippen LogP contribution is -2.60. The van der Waals surface area contributed by atoms with Crippen LogP contribution < -0.4 is 5.32 Å². The molecular weight excluding hydrogens is 220 g/mol. The summed E-state index contributed by atoms with van der Waals surface area (Å²) in [6.07, 6.45) is 13.9. The van der Waals surface area contributed by atoms with Gasteiger partial charge in [0.1, 0.15) is 0 Å². The average molecular weight is 248 g/mol. The molecule has 0 aromatic rings. The first kappa shape index (κ1) is 13.9. The number of hydrogen-bond donors (Lipinski definition) is 1. The van der Waals surface area contributed by atoms with Crippen LogP contribution in [0.3, 0.4) is 0 Å². The third-order valence-corrected chi connectivity index (χ3v) is 4.92. The number of terminal acetylenes is 1. The lowest BCUT2D eigenvalue weighted by atomic mass is 9.82. The quantitative estimate of drug-likeness (QED) is 0.773. The standard InChI is InChI=1S/C16H28N2/c1-4-13(3)18-12-16(17-11-15(18)5-2)14-9-7-6-8-10-14/h1,13-17H,5-12H2,2-3H3. The summed E-state index contributed by atoms with van der Waals surface area (Å²) in [6.45, 7) is 6.70. The predicted octanol–water partition coefficient (Wildman–Crippen LogP) is 2.64. The zero-order valence-electron chi connectivity index (χ0n) is 12.0. The maximum Gasteiger partial charge on any atom is 0.0686 e. The number of nitrogens with one attached hydrogen (secondary N) is 1. The van der Waals surface area contributed by atoms with E-state index in [1.54, 1.807) is 0 Å². The van der Waals surface area contributed by atoms with Crippen LogP contribution in [-0.2, 0) is 0 Å². The molecule has 0 spiro atoms. The van der Waals surface area contributed by atoms with Gasteiger partial charge >= 0.3 is 0 Å². The van der Waals surface area contributed by atoms with Crippen molar-refractivity contribution in [1.82, 2.24) is 10.2 Å². The highest BCUT2D eigenvalue weighted by molar-refractivity contribution is 5.02. The van der Waals surface area contributed by atoms with E-state index in [4.69, 9.17) is 6.42 Å². The zero-order valence-corrected chi connectivity index (χ0v) is 12.0. The van der Waals surface area contributed by atoms with Crippen molar-refractivity contribution in [3.63, 3.8) is 0 Å². The van der Waals surface area contributed by atoms with Crippen LogP contribution in [0.4, 0.5) is 0 Å². The molecule has 3 unspecified atom stereocenters. The van der Waals surface area contributed by atoms with Crippen LogP contribution in [0, 0.1) is 18.3 Å². The summed E-state index contributed by atoms with van der Waals surface area (Å²) in [6, 6.07) is 1.57. The van der Waals surface area contributed by atoms with E-state index >= 15 is 0 Å². The van der Waals surface area contributed by atoms with Gasteiger partial charge in [-0.05, 0) is 32.1 Å². The number of nitrogens with zero attached hydrogens (tertiary/aromatic N) is 1. The maximum atomic E-state index is 5.63. The average Bonchev–Trinajstić information content (AvgIpc) is 2.46. The largest absolute Gasteiger partial charge is 0.311 e. The summed E-state index contributed by atoms with van der Waals surface area (Å²) < 4.78 is 0. The summed E-state index contributed by atoms with van der Waals surface area (Å²) in [5.74, 6) is 3.80. The van der Waals surface area contributed by atoms with Crippen molar-refractivity contribution in [2.24, 2.45) is 5.92 Å². The molecule has 2 aliphatic rings. The highest BCUT2D eigenvalue weighted by Gasteiger charge is 2.33. The van der Waals surface area contributed by atoms with Gasteiger partial charge in [-0.25, -0.2) is 0 Å². The Morgan fingerprint density at radius 2 is 2.06 bits per heavy atom. The molecule has 0 aromatic carbocycles. The summed E-state index contributed by atoms with van der Waals surface area (Å²) in [5, 5.41) is 3.79. The molecule has 2 rings (SSSR count). The normalized spacial score (nSPS) is 32.9. The molecule has 0 aromatic heterocycles. The van der Waals surface area contributed by atoms with Gasteiger partial charge in [0.15, 0.2) is 0 Å². The van der Waals surface area contributed by atoms with Crippen molar-refractivity contribution in [3.8, 4) is 12.3 Å². The smallest absolute Gasteiger partial charge is 0.0686 e. The van der Waals surface area contributed by atoms with Crippen molar-refractivity contribution >= 4 is 0 Å². The molecule has 18 heavy (non-hydrogen) atoms. The molecule has 1 aliphatic heterocycles. The van der Waals surface area contributed by atoms with Gasteiger partial charge in [-0.15, -0.1) is 6.42 Å². The Bertz CT molecular complexity index is 288. The molecule has 2 fully saturated rings. The molecule has 0 amide bonds. The van der Waals surface area contributed by atoms with Gasteiger partial charge in [-0.2, -0.15) is 0 Å². The summed E-state index contributed by atoms with van der Waals surface area (Å²) in [5.41, 5.74) is 0. The zero-order chi connectivity index (χ0) is 13.0. The first-order valence-electron chi connectivity index (χ1n) is 7.71. The van der Waals surface area contributed by atoms with E-state index in [1.165, 1.54) is 38.5 Å². The first-order chi connectivity index (χ1) is 8.76. The van der Waals surface area contributed by atoms with Crippen molar-refractivity contribution < 1.29 is 0 Å². The van der Waals surface area contributed by atoms with Crippen LogP contribution >= 0.6 is 0 Å². The van der Waals surface area contributed by atoms with Crippen LogP contribution in [0.5, 0.6) is 0 Å². The minimum absolute atomic E-state index is 0.281. The molecule has 0 bridgehead atoms. The van der Waals surface area contributed by atoms with Crippen LogP contribution in [-0.4, -0.2) is 36.1 Å². The highest BCUT2D eigenvalue weighted by Crippen LogP contribution is 2.29. The number of hydrogen-bond acceptors (Lipinski definition) is 2. The number of rotatable bonds is 3. The molecule has 3 atom stereocenters. The van der Waals surface area contributed by atoms with Crippen LogP contribution in [0.2, 0.25) is 0 Å². The van der Waals surface area contributed by atoms with Crippen molar-refractivity contribution in [3.05, 3.63) is 0 Å². The Labute approximate surface area is 113 Å². The van der Waals surface area contributed by atoms with Gasteiger partial charge in [0, 0.05) is 25.2 Å². The lowest BCUT2D eigenvalue weighted by Gasteiger charge is -2.45. The van der Waals surface area contributed by atoms with E-state index in [9.17, 15) is 0 Å². The first-order valence-corrected chi connectivity index (χ1v) is 7.71. The SMILES string of the molecule is C#CC(C)N1CC(C2CCCCC2)NCC1CC. The van der Waals surface area contributed by atoms with Crippen molar-refractivity contribution in [2.45, 2.75) is 70.5 Å². The second kappa shape index (κ2) is 6.59. The van der Waals surface area contributed by atoms with Gasteiger partial charge in [-0.1, -0.05) is 32.1 Å². The fraction of sp³-hybridized carbons (Fsp3) is 0.875. The van der Waals surface area contributed by atoms with Crippen LogP contribution in [0.1, 0.15) is 52.4 Å². The summed E-state index contributed by atoms with van der Waals surface area (Å²) in [4.78, 5) is 2.55. The Kier molecular flexibility index (Phi) is 5.09. The van der Waals surface area contributed by atoms with Crippen molar-refractivity contribution in [2.75, 3.05) is 13.1 Å². The predicted molar refractivity (Wildman–Crippen MR) is 77.4 cm³/mol. The van der Waals surface area contributed by atoms with Gasteiger partial charge < -0.3 is 5.32 Å². The topological polar surface area (TPSA) is 15.3 Å². The highest BCUT2D eigenvalue weighted by atomic mass is 15.2. The van der Waals surface area contributed by atoms with E-state index in [0.717, 1.165) is 19.0 Å². The second-order valence-corrected chi connectivity index (χ2v) is 6.01. The Hall–Kier alpha value is -0.520. The molecule has 102 valence electrons. The minimum atomic E-state index is 0.281. The second-order valence-electron chi connectivity index (χ2n) is 6.01. The van der Waals surface area contributed by atoms with E-state index < -0.39 is 0 Å². The van der Waals surface area contributed by atoms with Gasteiger partial charge in [-0.3, -0.25) is 4.90 Å². The van der Waals surface area contributed by atoms with Crippen LogP contribution in [0.15, 0.2) is 0 Å². The fourth-order valence-corrected chi connectivity index (χ4v) is 3.65. The lowest BCUT2D eigenvalue weighted by molar-refractivity contribution is 0.0799. The molecular formula is C16H28N2. The van der Waals surface area contributed by atoms with Crippen molar-refractivity contribution in [1.29, 1.82) is 0 Å². The van der Waals surface area contributed by atoms with Gasteiger partial charge in [0.2, 0.25) is 0 Å². The Balaban J connectivity index is 1.97. The fourth-order valence-electron chi connectivity index (χ4n) is 3.65. The monoisotopic (exact) mass is 248 g/mol. The number of piperazine rings is 1. The van der Waals surface area contributed by atoms with E-state index in [0.29, 0.717) is 12.1 Å². The summed E-state index contributed by atoms with van der Waals surface area (Å²) >= 11 is 0. The van der Waals surface area contributed by atoms with Gasteiger partial charge in [0.05, 0.1) is 6.04 Å². The maximum absolute atomic E-state index is 5.63. The molecule has 1 aliphatic carbocycles. The third-order valence-electron chi connectivity index (χ3n) is 4.92. The molecule has 1 saturated heterocycles. The minimum Gasteiger partial charge on any atom is -0.311 e. The van der Waals surface area contributed by atoms with E-state index in [1.807, 2.05) is 0 Å². The third kappa shape index (κ3) is 3.08. The Morgan fingerprint density at radius 3 is 2.67 bits per heavy atom. The molecule has 0 radical (unpaired) electrons. The van der Waals surface area contributed by atoms with Gasteiger partial charge in [0.25, 0.3) is 0 Å². The summed E-state index contributed by atoms with van der Waals surface area (Å²) in [7, 11) is 0. The molecule has 2 heteroatoms.